The summed E-state index contributed by atoms with van der Waals surface area (Å²) in [4.78, 5) is 27.6. The second-order valence-electron chi connectivity index (χ2n) is 4.39. The molecule has 0 radical (unpaired) electrons. The minimum absolute atomic E-state index is 0.185. The maximum atomic E-state index is 11.8. The molecule has 0 aromatic carbocycles. The van der Waals surface area contributed by atoms with Crippen molar-refractivity contribution in [3.8, 4) is 11.3 Å². The van der Waals surface area contributed by atoms with Crippen LogP contribution in [0, 0.1) is 6.92 Å². The Bertz CT molecular complexity index is 830. The third kappa shape index (κ3) is 2.29. The number of hydrogen-bond donors (Lipinski definition) is 1. The molecule has 9 nitrogen and oxygen atoms in total. The molecule has 21 heavy (non-hydrogen) atoms. The summed E-state index contributed by atoms with van der Waals surface area (Å²) < 4.78 is 11.3. The van der Waals surface area contributed by atoms with Gasteiger partial charge in [-0.3, -0.25) is 4.79 Å². The van der Waals surface area contributed by atoms with E-state index in [2.05, 4.69) is 20.3 Å². The maximum absolute atomic E-state index is 11.8. The molecule has 1 aromatic rings. The van der Waals surface area contributed by atoms with Crippen molar-refractivity contribution in [1.29, 1.82) is 0 Å². The van der Waals surface area contributed by atoms with E-state index in [0.29, 0.717) is 11.7 Å². The summed E-state index contributed by atoms with van der Waals surface area (Å²) in [6.45, 7) is 1.93. The number of pyridine rings is 1. The maximum Gasteiger partial charge on any atom is 0.341 e. The van der Waals surface area contributed by atoms with Crippen LogP contribution in [0.5, 0.6) is 0 Å². The van der Waals surface area contributed by atoms with Crippen molar-refractivity contribution >= 4 is 5.97 Å². The minimum atomic E-state index is -0.581. The first kappa shape index (κ1) is 13.0. The van der Waals surface area contributed by atoms with E-state index < -0.39 is 5.97 Å². The van der Waals surface area contributed by atoms with Gasteiger partial charge in [0.05, 0.1) is 12.7 Å². The Morgan fingerprint density at radius 3 is 2.95 bits per heavy atom. The number of carbonyl (C=O) groups is 1. The molecule has 9 heteroatoms. The van der Waals surface area contributed by atoms with Crippen LogP contribution in [0.1, 0.15) is 22.1 Å². The summed E-state index contributed by atoms with van der Waals surface area (Å²) in [5.41, 5.74) is 0.356. The highest BCUT2D eigenvalue weighted by Gasteiger charge is 2.22. The Kier molecular flexibility index (Phi) is 3.01. The van der Waals surface area contributed by atoms with Crippen LogP contribution in [0.2, 0.25) is 0 Å². The van der Waals surface area contributed by atoms with Gasteiger partial charge in [0.2, 0.25) is 5.89 Å². The molecule has 3 heterocycles. The monoisotopic (exact) mass is 289 g/mol. The molecule has 0 amide bonds. The molecule has 0 spiro atoms. The van der Waals surface area contributed by atoms with E-state index in [1.165, 1.54) is 13.3 Å². The molecule has 0 saturated heterocycles. The lowest BCUT2D eigenvalue weighted by atomic mass is 10.1. The summed E-state index contributed by atoms with van der Waals surface area (Å²) in [6.07, 6.45) is 3.08. The smallest absolute Gasteiger partial charge is 0.341 e. The number of nitrogens with one attached hydrogen (secondary N) is 1. The van der Waals surface area contributed by atoms with Gasteiger partial charge in [-0.1, -0.05) is 5.16 Å². The number of carbonyl (C=O) groups excluding carboxylic acids is 1. The molecule has 2 aliphatic heterocycles. The van der Waals surface area contributed by atoms with Gasteiger partial charge in [-0.05, 0) is 6.92 Å². The van der Waals surface area contributed by atoms with Gasteiger partial charge in [0.15, 0.2) is 5.82 Å². The fourth-order valence-electron chi connectivity index (χ4n) is 2.00. The lowest BCUT2D eigenvalue weighted by Crippen LogP contribution is -2.12. The molecule has 0 fully saturated rings. The van der Waals surface area contributed by atoms with Crippen LogP contribution in [-0.4, -0.2) is 38.0 Å². The number of aromatic amines is 1. The molecular formula is C12H11N5O4. The van der Waals surface area contributed by atoms with Crippen LogP contribution >= 0.6 is 0 Å². The first-order chi connectivity index (χ1) is 10.1. The van der Waals surface area contributed by atoms with Crippen molar-refractivity contribution in [2.45, 2.75) is 13.5 Å². The third-order valence-corrected chi connectivity index (χ3v) is 2.91. The summed E-state index contributed by atoms with van der Waals surface area (Å²) >= 11 is 0. The van der Waals surface area contributed by atoms with Crippen LogP contribution in [0.4, 0.5) is 0 Å². The average molecular weight is 289 g/mol. The number of rotatable bonds is 3. The van der Waals surface area contributed by atoms with Gasteiger partial charge in [-0.15, -0.1) is 0 Å². The lowest BCUT2D eigenvalue weighted by molar-refractivity contribution is 0.0600. The third-order valence-electron chi connectivity index (χ3n) is 2.91. The van der Waals surface area contributed by atoms with E-state index in [0.717, 1.165) is 0 Å². The zero-order valence-electron chi connectivity index (χ0n) is 11.3. The number of H-pyrrole nitrogens is 1. The first-order valence-corrected chi connectivity index (χ1v) is 6.04. The van der Waals surface area contributed by atoms with E-state index >= 15 is 0 Å². The van der Waals surface area contributed by atoms with Crippen LogP contribution in [0.15, 0.2) is 21.7 Å². The molecule has 0 aliphatic carbocycles. The molecule has 3 rings (SSSR count). The Balaban J connectivity index is 2.10. The summed E-state index contributed by atoms with van der Waals surface area (Å²) in [5, 5.41) is 9.83. The number of hydrogen-bond acceptors (Lipinski definition) is 7. The van der Waals surface area contributed by atoms with Crippen LogP contribution in [-0.2, 0) is 11.3 Å². The molecule has 0 saturated carbocycles. The van der Waals surface area contributed by atoms with Gasteiger partial charge >= 0.3 is 5.97 Å². The van der Waals surface area contributed by atoms with Crippen LogP contribution in [0.3, 0.4) is 0 Å². The average Bonchev–Trinajstić information content (AvgIpc) is 3.04. The van der Waals surface area contributed by atoms with Crippen LogP contribution < -0.4 is 5.56 Å². The number of ether oxygens (including phenoxy) is 1. The summed E-state index contributed by atoms with van der Waals surface area (Å²) in [6, 6.07) is 0. The van der Waals surface area contributed by atoms with E-state index in [1.54, 1.807) is 17.7 Å². The SMILES string of the molecule is COC(=O)c1cn(Cc2nc(C)no2)cc2c(=O)[nH]nc1-2. The fourth-order valence-corrected chi connectivity index (χ4v) is 2.00. The van der Waals surface area contributed by atoms with E-state index in [-0.39, 0.29) is 28.9 Å². The van der Waals surface area contributed by atoms with E-state index in [9.17, 15) is 9.59 Å². The molecule has 1 aromatic heterocycles. The standard InChI is InChI=1S/C12H11N5O4/c1-6-13-9(21-16-6)5-17-3-7-10(14-15-11(7)18)8(4-17)12(19)20-2/h3-4H,5H2,1-2H3,(H,15,18). The molecule has 0 atom stereocenters. The Morgan fingerprint density at radius 1 is 1.48 bits per heavy atom. The number of fused-ring (bicyclic) bond motifs is 1. The number of methoxy groups -OCH3 is 1. The minimum Gasteiger partial charge on any atom is -0.465 e. The zero-order valence-corrected chi connectivity index (χ0v) is 11.3. The topological polar surface area (TPSA) is 116 Å². The molecule has 1 N–H and O–H groups in total. The summed E-state index contributed by atoms with van der Waals surface area (Å²) in [7, 11) is 1.26. The van der Waals surface area contributed by atoms with Crippen LogP contribution in [0.25, 0.3) is 11.3 Å². The predicted octanol–water partition coefficient (Wildman–Crippen LogP) is 0.203. The molecule has 0 unspecified atom stereocenters. The number of esters is 1. The Labute approximate surface area is 117 Å². The van der Waals surface area contributed by atoms with Crippen molar-refractivity contribution in [3.63, 3.8) is 0 Å². The number of nitrogens with zero attached hydrogens (tertiary/aromatic N) is 4. The van der Waals surface area contributed by atoms with Crippen molar-refractivity contribution in [2.75, 3.05) is 7.11 Å². The van der Waals surface area contributed by atoms with E-state index in [1.807, 2.05) is 0 Å². The number of aromatic nitrogens is 5. The molecular weight excluding hydrogens is 278 g/mol. The van der Waals surface area contributed by atoms with Crippen molar-refractivity contribution < 1.29 is 14.1 Å². The van der Waals surface area contributed by atoms with E-state index in [4.69, 9.17) is 9.26 Å². The largest absolute Gasteiger partial charge is 0.465 e. The van der Waals surface area contributed by atoms with Gasteiger partial charge in [-0.2, -0.15) is 10.1 Å². The fraction of sp³-hybridized carbons (Fsp3) is 0.250. The first-order valence-electron chi connectivity index (χ1n) is 6.04. The highest BCUT2D eigenvalue weighted by atomic mass is 16.5. The Morgan fingerprint density at radius 2 is 2.29 bits per heavy atom. The van der Waals surface area contributed by atoms with Crippen molar-refractivity contribution in [2.24, 2.45) is 0 Å². The zero-order chi connectivity index (χ0) is 15.0. The second kappa shape index (κ2) is 4.85. The lowest BCUT2D eigenvalue weighted by Gasteiger charge is -2.09. The van der Waals surface area contributed by atoms with Gasteiger partial charge in [0.25, 0.3) is 5.56 Å². The van der Waals surface area contributed by atoms with Gasteiger partial charge in [-0.25, -0.2) is 9.89 Å². The normalized spacial score (nSPS) is 11.0. The number of aryl methyl sites for hydroxylation is 1. The molecule has 108 valence electrons. The van der Waals surface area contributed by atoms with Crippen molar-refractivity contribution in [3.05, 3.63) is 40.0 Å². The second-order valence-corrected chi connectivity index (χ2v) is 4.39. The quantitative estimate of drug-likeness (QED) is 0.685. The summed E-state index contributed by atoms with van der Waals surface area (Å²) in [5.74, 6) is 0.291. The highest BCUT2D eigenvalue weighted by Crippen LogP contribution is 2.21. The highest BCUT2D eigenvalue weighted by molar-refractivity contribution is 5.95. The molecule has 2 aliphatic rings. The molecule has 0 bridgehead atoms. The predicted molar refractivity (Wildman–Crippen MR) is 68.9 cm³/mol. The Hall–Kier alpha value is -2.97. The van der Waals surface area contributed by atoms with Gasteiger partial charge in [0, 0.05) is 12.4 Å². The van der Waals surface area contributed by atoms with Gasteiger partial charge < -0.3 is 13.8 Å². The van der Waals surface area contributed by atoms with Crippen molar-refractivity contribution in [1.82, 2.24) is 24.9 Å². The van der Waals surface area contributed by atoms with Gasteiger partial charge in [0.1, 0.15) is 17.8 Å².